The minimum absolute atomic E-state index is 0.289. The number of rotatable bonds is 3. The van der Waals surface area contributed by atoms with Gasteiger partial charge in [0.05, 0.1) is 6.21 Å². The van der Waals surface area contributed by atoms with Gasteiger partial charge in [-0.25, -0.2) is 0 Å². The number of allylic oxidation sites excluding steroid dienone is 1. The standard InChI is InChI=1S/C5H6N2O/c1-5(4-8)3-7-6-2/h3-4H,1-2H2/b7-3-. The minimum atomic E-state index is 0.289. The summed E-state index contributed by atoms with van der Waals surface area (Å²) in [4.78, 5) is 9.76. The highest BCUT2D eigenvalue weighted by atomic mass is 16.1. The number of aldehydes is 1. The lowest BCUT2D eigenvalue weighted by Gasteiger charge is -1.75. The number of carbonyl (C=O) groups is 1. The van der Waals surface area contributed by atoms with E-state index in [1.807, 2.05) is 0 Å². The smallest absolute Gasteiger partial charge is 0.151 e. The summed E-state index contributed by atoms with van der Waals surface area (Å²) in [5.41, 5.74) is 0.289. The van der Waals surface area contributed by atoms with Gasteiger partial charge in [0.1, 0.15) is 0 Å². The third-order valence-corrected chi connectivity index (χ3v) is 0.457. The van der Waals surface area contributed by atoms with Gasteiger partial charge in [0.2, 0.25) is 0 Å². The first kappa shape index (κ1) is 6.75. The molecule has 0 aromatic rings. The highest BCUT2D eigenvalue weighted by molar-refractivity contribution is 6.00. The van der Waals surface area contributed by atoms with Gasteiger partial charge in [0.15, 0.2) is 6.29 Å². The Labute approximate surface area is 47.4 Å². The molecule has 8 heavy (non-hydrogen) atoms. The van der Waals surface area contributed by atoms with Crippen molar-refractivity contribution in [3.8, 4) is 0 Å². The van der Waals surface area contributed by atoms with Crippen LogP contribution in [0.1, 0.15) is 0 Å². The summed E-state index contributed by atoms with van der Waals surface area (Å²) in [7, 11) is 0. The quantitative estimate of drug-likeness (QED) is 0.225. The largest absolute Gasteiger partial charge is 0.298 e. The first-order valence-corrected chi connectivity index (χ1v) is 1.94. The van der Waals surface area contributed by atoms with Crippen molar-refractivity contribution in [2.45, 2.75) is 0 Å². The molecule has 0 saturated heterocycles. The van der Waals surface area contributed by atoms with Gasteiger partial charge in [-0.2, -0.15) is 10.2 Å². The zero-order chi connectivity index (χ0) is 6.41. The van der Waals surface area contributed by atoms with E-state index in [4.69, 9.17) is 0 Å². The van der Waals surface area contributed by atoms with Gasteiger partial charge < -0.3 is 0 Å². The molecule has 0 unspecified atom stereocenters. The molecule has 0 radical (unpaired) electrons. The number of hydrogen-bond donors (Lipinski definition) is 0. The molecule has 0 aromatic heterocycles. The normalized spacial score (nSPS) is 9.00. The molecular formula is C5H6N2O. The summed E-state index contributed by atoms with van der Waals surface area (Å²) in [5, 5.41) is 6.42. The summed E-state index contributed by atoms with van der Waals surface area (Å²) in [6.45, 7) is 6.37. The molecule has 3 nitrogen and oxygen atoms in total. The van der Waals surface area contributed by atoms with E-state index in [1.165, 1.54) is 6.21 Å². The van der Waals surface area contributed by atoms with Gasteiger partial charge in [0, 0.05) is 12.3 Å². The van der Waals surface area contributed by atoms with E-state index in [9.17, 15) is 4.79 Å². The van der Waals surface area contributed by atoms with Crippen molar-refractivity contribution in [1.82, 2.24) is 0 Å². The van der Waals surface area contributed by atoms with Gasteiger partial charge in [-0.1, -0.05) is 6.58 Å². The average molecular weight is 110 g/mol. The van der Waals surface area contributed by atoms with E-state index in [2.05, 4.69) is 23.5 Å². The summed E-state index contributed by atoms with van der Waals surface area (Å²) in [6, 6.07) is 0. The Bertz CT molecular complexity index is 137. The molecule has 0 heterocycles. The zero-order valence-electron chi connectivity index (χ0n) is 4.37. The van der Waals surface area contributed by atoms with Crippen LogP contribution in [-0.2, 0) is 4.79 Å². The fraction of sp³-hybridized carbons (Fsp3) is 0. The lowest BCUT2D eigenvalue weighted by Crippen LogP contribution is -1.79. The summed E-state index contributed by atoms with van der Waals surface area (Å²) >= 11 is 0. The second kappa shape index (κ2) is 3.92. The molecule has 0 rings (SSSR count). The Balaban J connectivity index is 3.69. The molecule has 0 aliphatic carbocycles. The molecule has 0 spiro atoms. The first-order chi connectivity index (χ1) is 3.81. The van der Waals surface area contributed by atoms with Gasteiger partial charge >= 0.3 is 0 Å². The molecule has 0 aliphatic heterocycles. The third-order valence-electron chi connectivity index (χ3n) is 0.457. The van der Waals surface area contributed by atoms with Crippen molar-refractivity contribution in [2.24, 2.45) is 10.2 Å². The van der Waals surface area contributed by atoms with E-state index < -0.39 is 0 Å². The molecule has 0 bridgehead atoms. The van der Waals surface area contributed by atoms with Crippen LogP contribution in [0.25, 0.3) is 0 Å². The van der Waals surface area contributed by atoms with Crippen molar-refractivity contribution < 1.29 is 4.79 Å². The van der Waals surface area contributed by atoms with Crippen LogP contribution in [0.4, 0.5) is 0 Å². The maximum absolute atomic E-state index is 9.76. The minimum Gasteiger partial charge on any atom is -0.298 e. The molecule has 0 aliphatic rings. The Kier molecular flexibility index (Phi) is 3.31. The lowest BCUT2D eigenvalue weighted by molar-refractivity contribution is -0.104. The maximum Gasteiger partial charge on any atom is 0.151 e. The average Bonchev–Trinajstić information content (AvgIpc) is 1.83. The van der Waals surface area contributed by atoms with Crippen molar-refractivity contribution >= 4 is 19.2 Å². The molecule has 0 saturated carbocycles. The van der Waals surface area contributed by atoms with Crippen LogP contribution in [0.15, 0.2) is 22.4 Å². The molecule has 0 amide bonds. The van der Waals surface area contributed by atoms with Gasteiger partial charge in [-0.05, 0) is 0 Å². The van der Waals surface area contributed by atoms with E-state index in [1.54, 1.807) is 0 Å². The van der Waals surface area contributed by atoms with Crippen LogP contribution in [0.2, 0.25) is 0 Å². The molecule has 0 atom stereocenters. The van der Waals surface area contributed by atoms with Crippen molar-refractivity contribution in [1.29, 1.82) is 0 Å². The Morgan fingerprint density at radius 2 is 2.25 bits per heavy atom. The van der Waals surface area contributed by atoms with Crippen LogP contribution in [0.5, 0.6) is 0 Å². The lowest BCUT2D eigenvalue weighted by atomic mass is 10.4. The predicted octanol–water partition coefficient (Wildman–Crippen LogP) is 0.428. The highest BCUT2D eigenvalue weighted by Crippen LogP contribution is 1.75. The number of nitrogens with zero attached hydrogens (tertiary/aromatic N) is 2. The third kappa shape index (κ3) is 2.96. The molecule has 42 valence electrons. The predicted molar refractivity (Wildman–Crippen MR) is 33.2 cm³/mol. The van der Waals surface area contributed by atoms with Gasteiger partial charge in [0.25, 0.3) is 0 Å². The van der Waals surface area contributed by atoms with Crippen molar-refractivity contribution in [2.75, 3.05) is 0 Å². The summed E-state index contributed by atoms with van der Waals surface area (Å²) in [5.74, 6) is 0. The van der Waals surface area contributed by atoms with Crippen LogP contribution >= 0.6 is 0 Å². The second-order valence-electron chi connectivity index (χ2n) is 1.08. The number of carbonyl (C=O) groups excluding carboxylic acids is 1. The molecule has 0 N–H and O–H groups in total. The van der Waals surface area contributed by atoms with Crippen molar-refractivity contribution in [3.05, 3.63) is 12.2 Å². The van der Waals surface area contributed by atoms with Crippen LogP contribution in [-0.4, -0.2) is 19.2 Å². The maximum atomic E-state index is 9.76. The van der Waals surface area contributed by atoms with Gasteiger partial charge in [-0.15, -0.1) is 0 Å². The fourth-order valence-corrected chi connectivity index (χ4v) is 0.145. The van der Waals surface area contributed by atoms with Gasteiger partial charge in [-0.3, -0.25) is 4.79 Å². The van der Waals surface area contributed by atoms with Crippen LogP contribution < -0.4 is 0 Å². The summed E-state index contributed by atoms with van der Waals surface area (Å²) in [6.07, 6.45) is 1.83. The van der Waals surface area contributed by atoms with E-state index in [-0.39, 0.29) is 5.57 Å². The van der Waals surface area contributed by atoms with Crippen LogP contribution in [0, 0.1) is 0 Å². The Hall–Kier alpha value is -1.25. The van der Waals surface area contributed by atoms with E-state index in [0.29, 0.717) is 6.29 Å². The molecule has 0 fully saturated rings. The molecule has 3 heteroatoms. The Morgan fingerprint density at radius 3 is 2.62 bits per heavy atom. The van der Waals surface area contributed by atoms with E-state index >= 15 is 0 Å². The topological polar surface area (TPSA) is 41.8 Å². The van der Waals surface area contributed by atoms with Crippen molar-refractivity contribution in [3.63, 3.8) is 0 Å². The van der Waals surface area contributed by atoms with E-state index in [0.717, 1.165) is 0 Å². The first-order valence-electron chi connectivity index (χ1n) is 1.94. The zero-order valence-corrected chi connectivity index (χ0v) is 4.37. The molecular weight excluding hydrogens is 104 g/mol. The molecule has 0 aromatic carbocycles. The highest BCUT2D eigenvalue weighted by Gasteiger charge is 1.77. The SMILES string of the molecule is C=N/N=C\C(=C)C=O. The monoisotopic (exact) mass is 110 g/mol. The number of hydrogen-bond acceptors (Lipinski definition) is 3. The summed E-state index contributed by atoms with van der Waals surface area (Å²) < 4.78 is 0. The van der Waals surface area contributed by atoms with Crippen LogP contribution in [0.3, 0.4) is 0 Å². The Morgan fingerprint density at radius 1 is 1.62 bits per heavy atom. The second-order valence-corrected chi connectivity index (χ2v) is 1.08. The fourth-order valence-electron chi connectivity index (χ4n) is 0.145.